The Morgan fingerprint density at radius 3 is 2.50 bits per heavy atom. The van der Waals surface area contributed by atoms with Gasteiger partial charge in [0.1, 0.15) is 17.2 Å². The molecule has 1 aromatic heterocycles. The van der Waals surface area contributed by atoms with Gasteiger partial charge in [0.25, 0.3) is 5.91 Å². The lowest BCUT2D eigenvalue weighted by Crippen LogP contribution is -2.14. The highest BCUT2D eigenvalue weighted by Crippen LogP contribution is 2.31. The van der Waals surface area contributed by atoms with Crippen LogP contribution in [-0.4, -0.2) is 31.1 Å². The predicted molar refractivity (Wildman–Crippen MR) is 110 cm³/mol. The van der Waals surface area contributed by atoms with Crippen LogP contribution >= 0.6 is 0 Å². The molecular formula is C22H15F3N4O3. The summed E-state index contributed by atoms with van der Waals surface area (Å²) < 4.78 is 40.1. The van der Waals surface area contributed by atoms with Crippen molar-refractivity contribution in [3.05, 3.63) is 84.1 Å². The van der Waals surface area contributed by atoms with Gasteiger partial charge in [0.15, 0.2) is 0 Å². The third-order valence-corrected chi connectivity index (χ3v) is 4.57. The van der Waals surface area contributed by atoms with Gasteiger partial charge < -0.3 is 15.5 Å². The number of carbonyl (C=O) groups is 1. The maximum atomic E-state index is 12.9. The van der Waals surface area contributed by atoms with E-state index in [1.54, 1.807) is 18.3 Å². The fourth-order valence-electron chi connectivity index (χ4n) is 3.01. The Hall–Kier alpha value is -4.34. The summed E-state index contributed by atoms with van der Waals surface area (Å²) in [7, 11) is 0. The summed E-state index contributed by atoms with van der Waals surface area (Å²) in [5.41, 5.74) is 0.337. The zero-order valence-electron chi connectivity index (χ0n) is 16.2. The van der Waals surface area contributed by atoms with Crippen molar-refractivity contribution in [2.45, 2.75) is 6.18 Å². The molecule has 0 aliphatic heterocycles. The highest BCUT2D eigenvalue weighted by molar-refractivity contribution is 6.06. The molecule has 1 amide bonds. The summed E-state index contributed by atoms with van der Waals surface area (Å²) in [4.78, 5) is 12.6. The Kier molecular flexibility index (Phi) is 5.27. The molecule has 4 aromatic rings. The van der Waals surface area contributed by atoms with Gasteiger partial charge in [-0.1, -0.05) is 23.4 Å². The van der Waals surface area contributed by atoms with E-state index in [1.807, 2.05) is 0 Å². The predicted octanol–water partition coefficient (Wildman–Crippen LogP) is 4.62. The first-order valence-corrected chi connectivity index (χ1v) is 9.24. The summed E-state index contributed by atoms with van der Waals surface area (Å²) in [6.07, 6.45) is -2.99. The molecular weight excluding hydrogens is 425 g/mol. The minimum Gasteiger partial charge on any atom is -0.508 e. The summed E-state index contributed by atoms with van der Waals surface area (Å²) in [6.45, 7) is 0. The van der Waals surface area contributed by atoms with E-state index in [1.165, 1.54) is 47.1 Å². The second kappa shape index (κ2) is 8.06. The Balaban J connectivity index is 1.60. The number of halogens is 3. The fraction of sp³-hybridized carbons (Fsp3) is 0.0455. The van der Waals surface area contributed by atoms with Crippen LogP contribution in [0.2, 0.25) is 0 Å². The summed E-state index contributed by atoms with van der Waals surface area (Å²) in [5.74, 6) is -1.08. The van der Waals surface area contributed by atoms with Gasteiger partial charge in [-0.05, 0) is 48.5 Å². The minimum atomic E-state index is -4.55. The Morgan fingerprint density at radius 2 is 1.75 bits per heavy atom. The molecule has 4 rings (SSSR count). The molecule has 0 aliphatic rings. The number of phenolic OH excluding ortho intramolecular Hbond substituents is 2. The zero-order valence-corrected chi connectivity index (χ0v) is 16.2. The van der Waals surface area contributed by atoms with Crippen molar-refractivity contribution >= 4 is 11.6 Å². The van der Waals surface area contributed by atoms with Crippen molar-refractivity contribution in [1.82, 2.24) is 15.0 Å². The number of aromatic hydroxyl groups is 2. The summed E-state index contributed by atoms with van der Waals surface area (Å²) in [6, 6.07) is 14.7. The summed E-state index contributed by atoms with van der Waals surface area (Å²) in [5, 5.41) is 30.1. The molecule has 3 N–H and O–H groups in total. The normalized spacial score (nSPS) is 11.3. The van der Waals surface area contributed by atoms with Gasteiger partial charge in [-0.15, -0.1) is 5.10 Å². The van der Waals surface area contributed by atoms with E-state index in [9.17, 15) is 28.2 Å². The van der Waals surface area contributed by atoms with Crippen LogP contribution in [0.5, 0.6) is 11.5 Å². The lowest BCUT2D eigenvalue weighted by molar-refractivity contribution is -0.137. The molecule has 0 atom stereocenters. The van der Waals surface area contributed by atoms with Crippen LogP contribution in [0.1, 0.15) is 15.9 Å². The van der Waals surface area contributed by atoms with Gasteiger partial charge >= 0.3 is 6.18 Å². The van der Waals surface area contributed by atoms with Gasteiger partial charge in [0, 0.05) is 11.3 Å². The molecule has 162 valence electrons. The van der Waals surface area contributed by atoms with Crippen molar-refractivity contribution in [2.24, 2.45) is 0 Å². The number of amides is 1. The van der Waals surface area contributed by atoms with Crippen LogP contribution in [0.25, 0.3) is 16.9 Å². The zero-order chi connectivity index (χ0) is 22.9. The van der Waals surface area contributed by atoms with Gasteiger partial charge in [-0.25, -0.2) is 4.68 Å². The molecule has 0 aliphatic carbocycles. The number of benzene rings is 3. The number of nitrogens with zero attached hydrogens (tertiary/aromatic N) is 3. The molecule has 7 nitrogen and oxygen atoms in total. The number of phenols is 2. The number of nitrogens with one attached hydrogen (secondary N) is 1. The first-order chi connectivity index (χ1) is 15.2. The standard InChI is InChI=1S/C22H15F3N4O3/c23-22(24,25)14-4-2-5-15(10-14)26-21(32)18-11-16(7-8-20(18)31)29-12-19(27-28-29)13-3-1-6-17(30)9-13/h1-12,30-31H,(H,26,32). The third-order valence-electron chi connectivity index (χ3n) is 4.57. The van der Waals surface area contributed by atoms with Crippen LogP contribution in [0.3, 0.4) is 0 Å². The molecule has 32 heavy (non-hydrogen) atoms. The quantitative estimate of drug-likeness (QED) is 0.430. The van der Waals surface area contributed by atoms with Crippen LogP contribution in [-0.2, 0) is 6.18 Å². The van der Waals surface area contributed by atoms with E-state index in [-0.39, 0.29) is 22.7 Å². The number of carbonyl (C=O) groups excluding carboxylic acids is 1. The number of hydrogen-bond donors (Lipinski definition) is 3. The molecule has 0 bridgehead atoms. The van der Waals surface area contributed by atoms with Crippen LogP contribution < -0.4 is 5.32 Å². The average molecular weight is 440 g/mol. The Bertz CT molecular complexity index is 1300. The van der Waals surface area contributed by atoms with E-state index < -0.39 is 17.6 Å². The second-order valence-corrected chi connectivity index (χ2v) is 6.83. The number of hydrogen-bond acceptors (Lipinski definition) is 5. The van der Waals surface area contributed by atoms with Crippen molar-refractivity contribution in [3.63, 3.8) is 0 Å². The van der Waals surface area contributed by atoms with Crippen LogP contribution in [0, 0.1) is 0 Å². The molecule has 0 saturated heterocycles. The number of rotatable bonds is 4. The van der Waals surface area contributed by atoms with E-state index >= 15 is 0 Å². The molecule has 0 spiro atoms. The van der Waals surface area contributed by atoms with Gasteiger partial charge in [0.05, 0.1) is 23.0 Å². The monoisotopic (exact) mass is 440 g/mol. The third kappa shape index (κ3) is 4.38. The fourth-order valence-corrected chi connectivity index (χ4v) is 3.01. The lowest BCUT2D eigenvalue weighted by atomic mass is 10.1. The SMILES string of the molecule is O=C(Nc1cccc(C(F)(F)F)c1)c1cc(-n2cc(-c3cccc(O)c3)nn2)ccc1O. The number of alkyl halides is 3. The van der Waals surface area contributed by atoms with E-state index in [2.05, 4.69) is 15.6 Å². The molecule has 0 fully saturated rings. The number of aromatic nitrogens is 3. The maximum absolute atomic E-state index is 12.9. The Morgan fingerprint density at radius 1 is 0.969 bits per heavy atom. The van der Waals surface area contributed by atoms with Gasteiger partial charge in [0.2, 0.25) is 0 Å². The highest BCUT2D eigenvalue weighted by atomic mass is 19.4. The first-order valence-electron chi connectivity index (χ1n) is 9.24. The molecule has 0 unspecified atom stereocenters. The Labute approximate surface area is 179 Å². The van der Waals surface area contributed by atoms with Crippen LogP contribution in [0.4, 0.5) is 18.9 Å². The minimum absolute atomic E-state index is 0.0650. The number of anilines is 1. The maximum Gasteiger partial charge on any atom is 0.416 e. The second-order valence-electron chi connectivity index (χ2n) is 6.83. The topological polar surface area (TPSA) is 100 Å². The van der Waals surface area contributed by atoms with Crippen molar-refractivity contribution < 1.29 is 28.2 Å². The van der Waals surface area contributed by atoms with E-state index in [4.69, 9.17) is 0 Å². The van der Waals surface area contributed by atoms with Gasteiger partial charge in [-0.2, -0.15) is 13.2 Å². The van der Waals surface area contributed by atoms with Crippen molar-refractivity contribution in [2.75, 3.05) is 5.32 Å². The van der Waals surface area contributed by atoms with E-state index in [0.717, 1.165) is 12.1 Å². The van der Waals surface area contributed by atoms with Gasteiger partial charge in [-0.3, -0.25) is 4.79 Å². The lowest BCUT2D eigenvalue weighted by Gasteiger charge is -2.11. The molecule has 0 saturated carbocycles. The molecule has 10 heteroatoms. The smallest absolute Gasteiger partial charge is 0.416 e. The largest absolute Gasteiger partial charge is 0.508 e. The molecule has 1 heterocycles. The van der Waals surface area contributed by atoms with Crippen molar-refractivity contribution in [1.29, 1.82) is 0 Å². The summed E-state index contributed by atoms with van der Waals surface area (Å²) >= 11 is 0. The first kappa shape index (κ1) is 20.9. The molecule has 3 aromatic carbocycles. The van der Waals surface area contributed by atoms with Crippen LogP contribution in [0.15, 0.2) is 72.9 Å². The average Bonchev–Trinajstić information content (AvgIpc) is 3.24. The highest BCUT2D eigenvalue weighted by Gasteiger charge is 2.30. The molecule has 0 radical (unpaired) electrons. The van der Waals surface area contributed by atoms with E-state index in [0.29, 0.717) is 16.9 Å². The van der Waals surface area contributed by atoms with Crippen molar-refractivity contribution in [3.8, 4) is 28.4 Å².